The number of ketones is 1. The SMILES string of the molecule is CCOc1cccc(C2C(C(=O)c3cc4cc(Cl)ccc4o3)=C(O)C(=O)N2c2ccc3c(c2)OCO3)c1. The highest BCUT2D eigenvalue weighted by molar-refractivity contribution is 6.31. The smallest absolute Gasteiger partial charge is 0.294 e. The van der Waals surface area contributed by atoms with Crippen LogP contribution in [0, 0.1) is 0 Å². The maximum absolute atomic E-state index is 13.8. The van der Waals surface area contributed by atoms with Crippen LogP contribution in [0.5, 0.6) is 17.2 Å². The maximum Gasteiger partial charge on any atom is 0.294 e. The summed E-state index contributed by atoms with van der Waals surface area (Å²) in [6.07, 6.45) is 0. The van der Waals surface area contributed by atoms with Crippen molar-refractivity contribution >= 4 is 39.9 Å². The summed E-state index contributed by atoms with van der Waals surface area (Å²) in [6.45, 7) is 2.36. The van der Waals surface area contributed by atoms with Crippen LogP contribution in [0.4, 0.5) is 5.69 Å². The van der Waals surface area contributed by atoms with E-state index in [4.69, 9.17) is 30.2 Å². The van der Waals surface area contributed by atoms with Crippen LogP contribution in [0.25, 0.3) is 11.0 Å². The molecule has 0 spiro atoms. The predicted molar refractivity (Wildman–Crippen MR) is 136 cm³/mol. The van der Waals surface area contributed by atoms with E-state index in [0.29, 0.717) is 51.1 Å². The lowest BCUT2D eigenvalue weighted by molar-refractivity contribution is -0.117. The minimum absolute atomic E-state index is 0.0230. The summed E-state index contributed by atoms with van der Waals surface area (Å²) in [4.78, 5) is 28.7. The molecule has 9 heteroatoms. The van der Waals surface area contributed by atoms with Crippen LogP contribution in [-0.4, -0.2) is 30.2 Å². The molecule has 2 aliphatic rings. The number of fused-ring (bicyclic) bond motifs is 2. The molecule has 37 heavy (non-hydrogen) atoms. The highest BCUT2D eigenvalue weighted by Gasteiger charge is 2.46. The number of Topliss-reactive ketones (excluding diaryl/α,β-unsaturated/α-hetero) is 1. The van der Waals surface area contributed by atoms with E-state index in [1.165, 1.54) is 4.90 Å². The lowest BCUT2D eigenvalue weighted by atomic mass is 9.94. The summed E-state index contributed by atoms with van der Waals surface area (Å²) in [5, 5.41) is 12.2. The monoisotopic (exact) mass is 517 g/mol. The lowest BCUT2D eigenvalue weighted by Gasteiger charge is -2.27. The first-order valence-corrected chi connectivity index (χ1v) is 12.0. The third-order valence-electron chi connectivity index (χ3n) is 6.27. The van der Waals surface area contributed by atoms with E-state index in [0.717, 1.165) is 0 Å². The van der Waals surface area contributed by atoms with Gasteiger partial charge in [-0.2, -0.15) is 0 Å². The molecule has 8 nitrogen and oxygen atoms in total. The number of carbonyl (C=O) groups is 2. The zero-order chi connectivity index (χ0) is 25.7. The number of hydrogen-bond donors (Lipinski definition) is 1. The van der Waals surface area contributed by atoms with E-state index < -0.39 is 23.5 Å². The van der Waals surface area contributed by atoms with Crippen molar-refractivity contribution in [2.75, 3.05) is 18.3 Å². The first kappa shape index (κ1) is 23.0. The van der Waals surface area contributed by atoms with Gasteiger partial charge in [0.15, 0.2) is 23.0 Å². The Labute approximate surface area is 216 Å². The fourth-order valence-corrected chi connectivity index (χ4v) is 4.83. The molecule has 2 aliphatic heterocycles. The van der Waals surface area contributed by atoms with Crippen LogP contribution in [0.2, 0.25) is 5.02 Å². The summed E-state index contributed by atoms with van der Waals surface area (Å²) < 4.78 is 22.3. The average Bonchev–Trinajstić information content (AvgIpc) is 3.60. The number of aliphatic hydroxyl groups excluding tert-OH is 1. The first-order chi connectivity index (χ1) is 17.9. The van der Waals surface area contributed by atoms with Gasteiger partial charge in [-0.1, -0.05) is 23.7 Å². The Morgan fingerprint density at radius 2 is 1.92 bits per heavy atom. The van der Waals surface area contributed by atoms with E-state index in [1.807, 2.05) is 6.92 Å². The molecule has 186 valence electrons. The zero-order valence-corrected chi connectivity index (χ0v) is 20.3. The van der Waals surface area contributed by atoms with Gasteiger partial charge in [0, 0.05) is 22.2 Å². The lowest BCUT2D eigenvalue weighted by Crippen LogP contribution is -2.31. The summed E-state index contributed by atoms with van der Waals surface area (Å²) in [5.41, 5.74) is 1.34. The van der Waals surface area contributed by atoms with Gasteiger partial charge in [-0.25, -0.2) is 0 Å². The minimum Gasteiger partial charge on any atom is -0.503 e. The summed E-state index contributed by atoms with van der Waals surface area (Å²) in [7, 11) is 0. The number of aliphatic hydroxyl groups is 1. The Bertz CT molecular complexity index is 1610. The average molecular weight is 518 g/mol. The molecule has 0 saturated carbocycles. The van der Waals surface area contributed by atoms with E-state index >= 15 is 0 Å². The van der Waals surface area contributed by atoms with Gasteiger partial charge in [-0.3, -0.25) is 14.5 Å². The molecule has 0 fully saturated rings. The molecule has 6 rings (SSSR count). The quantitative estimate of drug-likeness (QED) is 0.313. The largest absolute Gasteiger partial charge is 0.503 e. The number of amides is 1. The Hall–Kier alpha value is -4.43. The van der Waals surface area contributed by atoms with Crippen LogP contribution in [0.3, 0.4) is 0 Å². The number of nitrogens with zero attached hydrogens (tertiary/aromatic N) is 1. The molecule has 1 atom stereocenters. The molecule has 0 aliphatic carbocycles. The summed E-state index contributed by atoms with van der Waals surface area (Å²) >= 11 is 6.09. The summed E-state index contributed by atoms with van der Waals surface area (Å²) in [6, 6.07) is 17.6. The van der Waals surface area contributed by atoms with Crippen molar-refractivity contribution in [3.63, 3.8) is 0 Å². The minimum atomic E-state index is -0.961. The van der Waals surface area contributed by atoms with Crippen molar-refractivity contribution in [3.8, 4) is 17.2 Å². The van der Waals surface area contributed by atoms with E-state index in [2.05, 4.69) is 0 Å². The number of halogens is 1. The number of rotatable bonds is 6. The number of ether oxygens (including phenoxy) is 3. The third-order valence-corrected chi connectivity index (χ3v) is 6.51. The molecule has 0 saturated heterocycles. The molecular formula is C28H20ClNO7. The molecule has 1 unspecified atom stereocenters. The summed E-state index contributed by atoms with van der Waals surface area (Å²) in [5.74, 6) is -0.464. The van der Waals surface area contributed by atoms with Gasteiger partial charge in [-0.05, 0) is 61.0 Å². The molecule has 1 amide bonds. The normalized spacial score (nSPS) is 16.6. The van der Waals surface area contributed by atoms with Crippen molar-refractivity contribution < 1.29 is 33.3 Å². The van der Waals surface area contributed by atoms with E-state index in [9.17, 15) is 14.7 Å². The van der Waals surface area contributed by atoms with Crippen LogP contribution in [0.15, 0.2) is 82.5 Å². The molecule has 0 bridgehead atoms. The number of anilines is 1. The first-order valence-electron chi connectivity index (χ1n) is 11.6. The topological polar surface area (TPSA) is 98.4 Å². The molecule has 3 aromatic carbocycles. The molecule has 3 heterocycles. The molecule has 0 radical (unpaired) electrons. The molecule has 1 aromatic heterocycles. The van der Waals surface area contributed by atoms with Gasteiger partial charge in [0.1, 0.15) is 11.3 Å². The third kappa shape index (κ3) is 3.86. The van der Waals surface area contributed by atoms with E-state index in [-0.39, 0.29) is 18.1 Å². The van der Waals surface area contributed by atoms with Gasteiger partial charge in [-0.15, -0.1) is 0 Å². The number of hydrogen-bond acceptors (Lipinski definition) is 7. The standard InChI is InChI=1S/C28H20ClNO7/c1-2-34-19-5-3-4-15(11-19)25-24(26(31)23-12-16-10-17(29)6-8-20(16)37-23)27(32)28(33)30(25)18-7-9-21-22(13-18)36-14-35-21/h3-13,25,32H,2,14H2,1H3. The Morgan fingerprint density at radius 3 is 2.76 bits per heavy atom. The second-order valence-corrected chi connectivity index (χ2v) is 8.94. The number of carbonyl (C=O) groups excluding carboxylic acids is 2. The second-order valence-electron chi connectivity index (χ2n) is 8.50. The van der Waals surface area contributed by atoms with Gasteiger partial charge < -0.3 is 23.7 Å². The Morgan fingerprint density at radius 1 is 1.08 bits per heavy atom. The van der Waals surface area contributed by atoms with Crippen molar-refractivity contribution in [2.24, 2.45) is 0 Å². The second kappa shape index (κ2) is 8.90. The number of furan rings is 1. The fourth-order valence-electron chi connectivity index (χ4n) is 4.65. The van der Waals surface area contributed by atoms with Crippen LogP contribution < -0.4 is 19.1 Å². The van der Waals surface area contributed by atoms with Crippen LogP contribution >= 0.6 is 11.6 Å². The zero-order valence-electron chi connectivity index (χ0n) is 19.6. The molecular weight excluding hydrogens is 498 g/mol. The van der Waals surface area contributed by atoms with Crippen molar-refractivity contribution in [1.29, 1.82) is 0 Å². The van der Waals surface area contributed by atoms with Gasteiger partial charge in [0.25, 0.3) is 5.91 Å². The predicted octanol–water partition coefficient (Wildman–Crippen LogP) is 6.00. The van der Waals surface area contributed by atoms with Gasteiger partial charge in [0.05, 0.1) is 18.2 Å². The van der Waals surface area contributed by atoms with Gasteiger partial charge >= 0.3 is 0 Å². The molecule has 4 aromatic rings. The van der Waals surface area contributed by atoms with Crippen molar-refractivity contribution in [1.82, 2.24) is 0 Å². The number of benzene rings is 3. The highest BCUT2D eigenvalue weighted by Crippen LogP contribution is 2.45. The Kier molecular flexibility index (Phi) is 5.53. The van der Waals surface area contributed by atoms with Crippen LogP contribution in [0.1, 0.15) is 29.1 Å². The van der Waals surface area contributed by atoms with E-state index in [1.54, 1.807) is 66.7 Å². The van der Waals surface area contributed by atoms with Crippen molar-refractivity contribution in [2.45, 2.75) is 13.0 Å². The van der Waals surface area contributed by atoms with Gasteiger partial charge in [0.2, 0.25) is 12.6 Å². The molecule has 1 N–H and O–H groups in total. The van der Waals surface area contributed by atoms with Crippen molar-refractivity contribution in [3.05, 3.63) is 94.4 Å². The highest BCUT2D eigenvalue weighted by atomic mass is 35.5. The fraction of sp³-hybridized carbons (Fsp3) is 0.143. The maximum atomic E-state index is 13.8. The Balaban J connectivity index is 1.49. The van der Waals surface area contributed by atoms with Crippen LogP contribution in [-0.2, 0) is 4.79 Å².